The van der Waals surface area contributed by atoms with Crippen LogP contribution in [0.3, 0.4) is 0 Å². The van der Waals surface area contributed by atoms with Crippen molar-refractivity contribution in [3.63, 3.8) is 0 Å². The third kappa shape index (κ3) is 3.86. The normalized spacial score (nSPS) is 19.1. The van der Waals surface area contributed by atoms with E-state index in [1.165, 1.54) is 7.11 Å². The van der Waals surface area contributed by atoms with Crippen LogP contribution < -0.4 is 9.47 Å². The summed E-state index contributed by atoms with van der Waals surface area (Å²) in [5.41, 5.74) is 1.02. The van der Waals surface area contributed by atoms with Gasteiger partial charge in [-0.05, 0) is 18.2 Å². The maximum atomic E-state index is 11.6. The molecule has 1 aromatic carbocycles. The number of hydrogen-bond donors (Lipinski definition) is 0. The van der Waals surface area contributed by atoms with Crippen LogP contribution in [0.15, 0.2) is 18.2 Å². The highest BCUT2D eigenvalue weighted by Gasteiger charge is 2.27. The molecule has 1 aliphatic rings. The van der Waals surface area contributed by atoms with Gasteiger partial charge < -0.3 is 18.9 Å². The van der Waals surface area contributed by atoms with Crippen LogP contribution in [0.2, 0.25) is 0 Å². The molecule has 1 aliphatic heterocycles. The fourth-order valence-electron chi connectivity index (χ4n) is 2.37. The molecule has 1 saturated heterocycles. The third-order valence-corrected chi connectivity index (χ3v) is 3.50. The molecular formula is C15H21NO5. The molecule has 0 spiro atoms. The number of esters is 1. The Morgan fingerprint density at radius 3 is 2.81 bits per heavy atom. The molecule has 21 heavy (non-hydrogen) atoms. The SMILES string of the molecule is COC(=O)C1CN(Cc2cc(OC)ccc2OC)CCO1. The molecule has 6 heteroatoms. The molecule has 0 aliphatic carbocycles. The van der Waals surface area contributed by atoms with Gasteiger partial charge in [0.2, 0.25) is 0 Å². The Bertz CT molecular complexity index is 491. The molecule has 1 atom stereocenters. The molecule has 0 aromatic heterocycles. The quantitative estimate of drug-likeness (QED) is 0.758. The second kappa shape index (κ2) is 7.28. The van der Waals surface area contributed by atoms with E-state index in [2.05, 4.69) is 4.90 Å². The van der Waals surface area contributed by atoms with Crippen molar-refractivity contribution in [2.24, 2.45) is 0 Å². The molecule has 2 rings (SSSR count). The fraction of sp³-hybridized carbons (Fsp3) is 0.533. The molecule has 116 valence electrons. The smallest absolute Gasteiger partial charge is 0.336 e. The monoisotopic (exact) mass is 295 g/mol. The minimum absolute atomic E-state index is 0.336. The summed E-state index contributed by atoms with van der Waals surface area (Å²) in [4.78, 5) is 13.7. The molecule has 1 aromatic rings. The van der Waals surface area contributed by atoms with E-state index in [0.717, 1.165) is 23.6 Å². The number of nitrogens with zero attached hydrogens (tertiary/aromatic N) is 1. The summed E-state index contributed by atoms with van der Waals surface area (Å²) >= 11 is 0. The minimum Gasteiger partial charge on any atom is -0.497 e. The average Bonchev–Trinajstić information content (AvgIpc) is 2.54. The van der Waals surface area contributed by atoms with Gasteiger partial charge in [0.25, 0.3) is 0 Å². The highest BCUT2D eigenvalue weighted by molar-refractivity contribution is 5.74. The van der Waals surface area contributed by atoms with Crippen LogP contribution in [0.1, 0.15) is 5.56 Å². The van der Waals surface area contributed by atoms with Gasteiger partial charge in [-0.25, -0.2) is 4.79 Å². The van der Waals surface area contributed by atoms with E-state index >= 15 is 0 Å². The van der Waals surface area contributed by atoms with Crippen molar-refractivity contribution in [1.29, 1.82) is 0 Å². The van der Waals surface area contributed by atoms with E-state index < -0.39 is 6.10 Å². The summed E-state index contributed by atoms with van der Waals surface area (Å²) < 4.78 is 20.8. The van der Waals surface area contributed by atoms with Crippen molar-refractivity contribution in [1.82, 2.24) is 4.90 Å². The Kier molecular flexibility index (Phi) is 5.41. The second-order valence-corrected chi connectivity index (χ2v) is 4.80. The Labute approximate surface area is 124 Å². The van der Waals surface area contributed by atoms with Crippen LogP contribution >= 0.6 is 0 Å². The van der Waals surface area contributed by atoms with Crippen LogP contribution in [0.25, 0.3) is 0 Å². The molecule has 0 N–H and O–H groups in total. The maximum Gasteiger partial charge on any atom is 0.336 e. The molecule has 0 radical (unpaired) electrons. The lowest BCUT2D eigenvalue weighted by Crippen LogP contribution is -2.46. The number of rotatable bonds is 5. The predicted molar refractivity (Wildman–Crippen MR) is 76.6 cm³/mol. The predicted octanol–water partition coefficient (Wildman–Crippen LogP) is 1.08. The number of benzene rings is 1. The van der Waals surface area contributed by atoms with Crippen molar-refractivity contribution >= 4 is 5.97 Å². The molecule has 0 amide bonds. The lowest BCUT2D eigenvalue weighted by molar-refractivity contribution is -0.160. The second-order valence-electron chi connectivity index (χ2n) is 4.80. The molecule has 1 unspecified atom stereocenters. The van der Waals surface area contributed by atoms with Gasteiger partial charge in [-0.15, -0.1) is 0 Å². The highest BCUT2D eigenvalue weighted by atomic mass is 16.6. The van der Waals surface area contributed by atoms with Gasteiger partial charge in [-0.3, -0.25) is 4.90 Å². The van der Waals surface area contributed by atoms with Gasteiger partial charge in [-0.1, -0.05) is 0 Å². The van der Waals surface area contributed by atoms with E-state index in [0.29, 0.717) is 19.7 Å². The summed E-state index contributed by atoms with van der Waals surface area (Å²) in [5.74, 6) is 1.25. The van der Waals surface area contributed by atoms with Crippen molar-refractivity contribution in [3.8, 4) is 11.5 Å². The van der Waals surface area contributed by atoms with E-state index in [9.17, 15) is 4.79 Å². The van der Waals surface area contributed by atoms with Gasteiger partial charge in [-0.2, -0.15) is 0 Å². The first-order valence-electron chi connectivity index (χ1n) is 6.80. The van der Waals surface area contributed by atoms with Gasteiger partial charge in [0.1, 0.15) is 11.5 Å². The van der Waals surface area contributed by atoms with Crippen molar-refractivity contribution in [3.05, 3.63) is 23.8 Å². The zero-order chi connectivity index (χ0) is 15.2. The number of hydrogen-bond acceptors (Lipinski definition) is 6. The minimum atomic E-state index is -0.527. The first-order valence-corrected chi connectivity index (χ1v) is 6.80. The molecule has 0 bridgehead atoms. The van der Waals surface area contributed by atoms with E-state index in [-0.39, 0.29) is 5.97 Å². The van der Waals surface area contributed by atoms with Crippen LogP contribution in [-0.4, -0.2) is 58.0 Å². The van der Waals surface area contributed by atoms with Crippen molar-refractivity contribution in [2.75, 3.05) is 41.0 Å². The zero-order valence-corrected chi connectivity index (χ0v) is 12.6. The van der Waals surface area contributed by atoms with E-state index in [4.69, 9.17) is 18.9 Å². The fourth-order valence-corrected chi connectivity index (χ4v) is 2.37. The van der Waals surface area contributed by atoms with E-state index in [1.54, 1.807) is 14.2 Å². The van der Waals surface area contributed by atoms with Crippen LogP contribution in [0.4, 0.5) is 0 Å². The Hall–Kier alpha value is -1.79. The third-order valence-electron chi connectivity index (χ3n) is 3.50. The Balaban J connectivity index is 2.08. The summed E-state index contributed by atoms with van der Waals surface area (Å²) in [6, 6.07) is 5.69. The van der Waals surface area contributed by atoms with Crippen LogP contribution in [0.5, 0.6) is 11.5 Å². The largest absolute Gasteiger partial charge is 0.497 e. The summed E-state index contributed by atoms with van der Waals surface area (Å²) in [7, 11) is 4.64. The van der Waals surface area contributed by atoms with Crippen molar-refractivity contribution in [2.45, 2.75) is 12.6 Å². The highest BCUT2D eigenvalue weighted by Crippen LogP contribution is 2.25. The van der Waals surface area contributed by atoms with Gasteiger partial charge in [0, 0.05) is 25.2 Å². The molecule has 1 heterocycles. The molecular weight excluding hydrogens is 274 g/mol. The van der Waals surface area contributed by atoms with E-state index in [1.807, 2.05) is 18.2 Å². The number of morpholine rings is 1. The lowest BCUT2D eigenvalue weighted by Gasteiger charge is -2.31. The summed E-state index contributed by atoms with van der Waals surface area (Å²) in [5, 5.41) is 0. The molecule has 6 nitrogen and oxygen atoms in total. The summed E-state index contributed by atoms with van der Waals surface area (Å²) in [6.45, 7) is 2.43. The van der Waals surface area contributed by atoms with Gasteiger partial charge >= 0.3 is 5.97 Å². The first-order chi connectivity index (χ1) is 10.2. The number of methoxy groups -OCH3 is 3. The molecule has 0 saturated carbocycles. The average molecular weight is 295 g/mol. The Morgan fingerprint density at radius 1 is 1.33 bits per heavy atom. The lowest BCUT2D eigenvalue weighted by atomic mass is 10.1. The number of carbonyl (C=O) groups excluding carboxylic acids is 1. The zero-order valence-electron chi connectivity index (χ0n) is 12.6. The number of carbonyl (C=O) groups is 1. The first kappa shape index (κ1) is 15.6. The standard InChI is InChI=1S/C15H21NO5/c1-18-12-4-5-13(19-2)11(8-12)9-16-6-7-21-14(10-16)15(17)20-3/h4-5,8,14H,6-7,9-10H2,1-3H3. The van der Waals surface area contributed by atoms with Crippen LogP contribution in [-0.2, 0) is 20.8 Å². The Morgan fingerprint density at radius 2 is 2.14 bits per heavy atom. The van der Waals surface area contributed by atoms with Crippen LogP contribution in [0, 0.1) is 0 Å². The number of ether oxygens (including phenoxy) is 4. The van der Waals surface area contributed by atoms with Gasteiger partial charge in [0.05, 0.1) is 27.9 Å². The topological polar surface area (TPSA) is 57.2 Å². The summed E-state index contributed by atoms with van der Waals surface area (Å²) in [6.07, 6.45) is -0.527. The maximum absolute atomic E-state index is 11.6. The van der Waals surface area contributed by atoms with Gasteiger partial charge in [0.15, 0.2) is 6.10 Å². The molecule has 1 fully saturated rings. The van der Waals surface area contributed by atoms with Crippen molar-refractivity contribution < 1.29 is 23.7 Å².